The fraction of sp³-hybridized carbons (Fsp3) is 0.200. The number of hydrogen-bond acceptors (Lipinski definition) is 22. The number of nitrogen functional groups attached to an aromatic ring is 1. The van der Waals surface area contributed by atoms with E-state index in [-0.39, 0.29) is 198 Å². The molecule has 0 fully saturated rings. The second-order valence-corrected chi connectivity index (χ2v) is 19.9. The van der Waals surface area contributed by atoms with E-state index in [1.807, 2.05) is 26.8 Å². The van der Waals surface area contributed by atoms with Crippen molar-refractivity contribution in [2.45, 2.75) is 67.2 Å². The Morgan fingerprint density at radius 2 is 0.946 bits per heavy atom. The molecular formula is C40H35N3Na6O19S6. The fourth-order valence-corrected chi connectivity index (χ4v) is 8.02. The number of hydrogen-bond donors (Lipinski definition) is 2. The zero-order chi connectivity index (χ0) is 52.3. The molecule has 0 bridgehead atoms. The van der Waals surface area contributed by atoms with Crippen LogP contribution in [0.15, 0.2) is 105 Å². The van der Waals surface area contributed by atoms with Crippen LogP contribution in [-0.2, 0) is 72.4 Å². The van der Waals surface area contributed by atoms with Crippen LogP contribution in [0.2, 0.25) is 0 Å². The maximum absolute atomic E-state index is 11.5. The topological polar surface area (TPSA) is 393 Å². The molecule has 74 heavy (non-hydrogen) atoms. The summed E-state index contributed by atoms with van der Waals surface area (Å²) in [5.74, 6) is -0.0549. The van der Waals surface area contributed by atoms with Crippen molar-refractivity contribution < 1.29 is 259 Å². The van der Waals surface area contributed by atoms with Crippen LogP contribution < -0.4 is 188 Å². The van der Waals surface area contributed by atoms with Crippen molar-refractivity contribution in [3.05, 3.63) is 109 Å². The zero-order valence-electron chi connectivity index (χ0n) is 41.8. The third-order valence-corrected chi connectivity index (χ3v) is 12.1. The molecule has 366 valence electrons. The number of nitrogens with one attached hydrogen (secondary N) is 1. The van der Waals surface area contributed by atoms with E-state index in [1.165, 1.54) is 19.1 Å². The third-order valence-electron chi connectivity index (χ3n) is 9.45. The van der Waals surface area contributed by atoms with E-state index < -0.39 is 73.1 Å². The molecule has 0 atom stereocenters. The number of nitrogens with zero attached hydrogens (tertiary/aromatic N) is 1. The Labute approximate surface area is 564 Å². The van der Waals surface area contributed by atoms with E-state index in [0.717, 1.165) is 29.1 Å². The van der Waals surface area contributed by atoms with E-state index in [1.54, 1.807) is 68.4 Å². The normalized spacial score (nSPS) is 11.5. The van der Waals surface area contributed by atoms with E-state index >= 15 is 0 Å². The Kier molecular flexibility index (Phi) is 39.4. The van der Waals surface area contributed by atoms with Crippen LogP contribution in [0.5, 0.6) is 0 Å². The quantitative estimate of drug-likeness (QED) is 0.0677. The summed E-state index contributed by atoms with van der Waals surface area (Å²) < 4.78 is 177. The average Bonchev–Trinajstić information content (AvgIpc) is 3.42. The number of carbonyl (C=O) groups excluding carboxylic acids is 1. The first-order valence-electron chi connectivity index (χ1n) is 18.2. The molecule has 1 aliphatic rings. The van der Waals surface area contributed by atoms with Gasteiger partial charge in [0.1, 0.15) is 0 Å². The van der Waals surface area contributed by atoms with Gasteiger partial charge in [-0.3, -0.25) is 35.0 Å². The van der Waals surface area contributed by atoms with Crippen LogP contribution >= 0.6 is 0 Å². The predicted octanol–water partition coefficient (Wildman–Crippen LogP) is -14.6. The van der Waals surface area contributed by atoms with Gasteiger partial charge < -0.3 is 24.7 Å². The maximum atomic E-state index is 11.5. The van der Waals surface area contributed by atoms with Crippen LogP contribution in [0.25, 0.3) is 32.3 Å². The van der Waals surface area contributed by atoms with Gasteiger partial charge in [0.25, 0.3) is 0 Å². The summed E-state index contributed by atoms with van der Waals surface area (Å²) in [6.45, 7) is 10.8. The Bertz CT molecular complexity index is 3600. The van der Waals surface area contributed by atoms with Crippen molar-refractivity contribution in [3.8, 4) is 0 Å². The average molecular weight is 1190 g/mol. The number of anilines is 2. The number of ketones is 1. The van der Waals surface area contributed by atoms with E-state index in [4.69, 9.17) is 43.6 Å². The SMILES string of the molecule is CC(=O)C(C)(C)Nc1ccc2c[c-]cc(S(=O)(=O)[O-])c2c1.CC1=Nc2ccc3c[c-]cc(S(=O)(=O)[O-])c3c2C1(C)C.Nc1ccc2c[c-]cc(S(=O)(=O)[O-])c2c1.O=S(=O)=O.O=S(=O)=O.O=S(=O)=O.[Na+].[Na+].[Na+].[Na+].[Na+].[Na+]. The van der Waals surface area contributed by atoms with Gasteiger partial charge in [0.2, 0.25) is 0 Å². The molecule has 0 amide bonds. The van der Waals surface area contributed by atoms with E-state index in [9.17, 15) is 43.7 Å². The summed E-state index contributed by atoms with van der Waals surface area (Å²) >= 11 is 0. The molecule has 0 aliphatic carbocycles. The standard InChI is InChI=1S/C15H16NO4S.C15H14NO3S.C10H8NO3S.6Na.3O3S/c1-10(17)15(2,3)16-12-8-7-11-5-4-6-14(13(11)9-12)21(18,19)20;1-9-15(2,3)14-11(16-9)8-7-10-5-4-6-12(13(10)14)20(17,18)19;11-8-5-4-7-2-1-3-10(9(7)6-8)15(12,13)14;;;;;;;3*1-4(2)3/h5-9,16H,1-3H3,(H,18,19,20);5-8H,1-3H3,(H,17,18,19);2-6H,11H2,(H,12,13,14);;;;;;;;;/q3*-1;6*+1;;;/p-3. The van der Waals surface area contributed by atoms with Crippen molar-refractivity contribution in [3.63, 3.8) is 0 Å². The number of rotatable bonds is 6. The summed E-state index contributed by atoms with van der Waals surface area (Å²) in [7, 11) is -22.9. The Morgan fingerprint density at radius 1 is 0.595 bits per heavy atom. The first kappa shape index (κ1) is 82.5. The number of carbonyl (C=O) groups is 1. The van der Waals surface area contributed by atoms with Gasteiger partial charge in [-0.15, -0.1) is 88.4 Å². The molecule has 0 saturated carbocycles. The van der Waals surface area contributed by atoms with Gasteiger partial charge in [0.15, 0.2) is 5.78 Å². The van der Waals surface area contributed by atoms with Crippen LogP contribution in [0.3, 0.4) is 0 Å². The largest absolute Gasteiger partial charge is 1.00 e. The first-order chi connectivity index (χ1) is 31.0. The molecule has 1 aliphatic heterocycles. The van der Waals surface area contributed by atoms with Crippen LogP contribution in [0.1, 0.15) is 47.1 Å². The minimum atomic E-state index is -4.58. The smallest absolute Gasteiger partial charge is 0.754 e. The second-order valence-electron chi connectivity index (χ2n) is 14.6. The number of benzene rings is 6. The number of fused-ring (bicyclic) bond motifs is 5. The Balaban J connectivity index is -0.000000281. The van der Waals surface area contributed by atoms with Gasteiger partial charge in [-0.2, -0.15) is 54.6 Å². The summed E-state index contributed by atoms with van der Waals surface area (Å²) in [6, 6.07) is 29.8. The van der Waals surface area contributed by atoms with Crippen molar-refractivity contribution >= 4 is 123 Å². The van der Waals surface area contributed by atoms with Crippen molar-refractivity contribution in [2.75, 3.05) is 11.1 Å². The van der Waals surface area contributed by atoms with Gasteiger partial charge in [-0.25, -0.2) is 0 Å². The Morgan fingerprint density at radius 3 is 1.34 bits per heavy atom. The monoisotopic (exact) mass is 1190 g/mol. The summed E-state index contributed by atoms with van der Waals surface area (Å²) in [4.78, 5) is 15.2. The molecule has 7 rings (SSSR count). The molecule has 3 N–H and O–H groups in total. The summed E-state index contributed by atoms with van der Waals surface area (Å²) in [5.41, 5.74) is 7.77. The zero-order valence-corrected chi connectivity index (χ0v) is 58.7. The minimum absolute atomic E-state index is 0. The number of Topliss-reactive ketones (excluding diaryl/α,β-unsaturated/α-hetero) is 1. The Hall–Kier alpha value is -0.370. The maximum Gasteiger partial charge on any atom is 1.00 e. The number of aliphatic imine (C=N–C) groups is 1. The van der Waals surface area contributed by atoms with E-state index in [2.05, 4.69) is 28.5 Å². The minimum Gasteiger partial charge on any atom is -0.754 e. The van der Waals surface area contributed by atoms with Gasteiger partial charge in [0, 0.05) is 22.5 Å². The molecule has 0 unspecified atom stereocenters. The van der Waals surface area contributed by atoms with Crippen LogP contribution in [-0.4, -0.2) is 93.8 Å². The van der Waals surface area contributed by atoms with E-state index in [0.29, 0.717) is 43.7 Å². The molecule has 6 aromatic carbocycles. The number of nitrogens with two attached hydrogens (primary N) is 1. The molecule has 0 aromatic heterocycles. The summed E-state index contributed by atoms with van der Waals surface area (Å²) in [5, 5.41) is 6.07. The van der Waals surface area contributed by atoms with Crippen LogP contribution in [0.4, 0.5) is 17.1 Å². The van der Waals surface area contributed by atoms with Crippen LogP contribution in [0, 0.1) is 18.2 Å². The third kappa shape index (κ3) is 25.8. The molecule has 22 nitrogen and oxygen atoms in total. The van der Waals surface area contributed by atoms with Gasteiger partial charge in [0.05, 0.1) is 41.6 Å². The molecule has 0 saturated heterocycles. The second kappa shape index (κ2) is 35.4. The molecule has 34 heteroatoms. The predicted molar refractivity (Wildman–Crippen MR) is 240 cm³/mol. The van der Waals surface area contributed by atoms with Gasteiger partial charge in [-0.05, 0) is 54.0 Å². The molecule has 0 spiro atoms. The van der Waals surface area contributed by atoms with Crippen molar-refractivity contribution in [1.29, 1.82) is 0 Å². The van der Waals surface area contributed by atoms with Gasteiger partial charge >= 0.3 is 209 Å². The molecular weight excluding hydrogens is 1160 g/mol. The first-order valence-corrected chi connectivity index (χ1v) is 25.4. The molecule has 1 heterocycles. The van der Waals surface area contributed by atoms with Crippen molar-refractivity contribution in [1.82, 2.24) is 0 Å². The van der Waals surface area contributed by atoms with Gasteiger partial charge in [-0.1, -0.05) is 38.1 Å². The fourth-order valence-electron chi connectivity index (χ4n) is 6.02. The molecule has 6 aromatic rings. The van der Waals surface area contributed by atoms with Crippen molar-refractivity contribution in [2.24, 2.45) is 4.99 Å². The molecule has 0 radical (unpaired) electrons. The summed E-state index contributed by atoms with van der Waals surface area (Å²) in [6.07, 6.45) is 0.